The lowest BCUT2D eigenvalue weighted by atomic mass is 10.1. The molecule has 6 heteroatoms. The summed E-state index contributed by atoms with van der Waals surface area (Å²) in [5.41, 5.74) is -2.63. The second-order valence-corrected chi connectivity index (χ2v) is 2.81. The van der Waals surface area contributed by atoms with Crippen molar-refractivity contribution in [2.24, 2.45) is 0 Å². The van der Waals surface area contributed by atoms with Crippen molar-refractivity contribution < 1.29 is 24.5 Å². The summed E-state index contributed by atoms with van der Waals surface area (Å²) in [6.45, 7) is 0. The molecule has 0 rings (SSSR count). The summed E-state index contributed by atoms with van der Waals surface area (Å²) in [5, 5.41) is 17.5. The van der Waals surface area contributed by atoms with Crippen LogP contribution in [0.3, 0.4) is 0 Å². The molecule has 0 aromatic carbocycles. The standard InChI is InChI=1S/C5H5O5P/c1-2-5(8,3-6)4(7)11(9)10/h1,3-4,7-8H. The van der Waals surface area contributed by atoms with Gasteiger partial charge in [0.15, 0.2) is 6.29 Å². The number of hydrogen-bond acceptors (Lipinski definition) is 5. The summed E-state index contributed by atoms with van der Waals surface area (Å²) in [6, 6.07) is 0. The van der Waals surface area contributed by atoms with Crippen molar-refractivity contribution in [2.45, 2.75) is 11.4 Å². The molecule has 0 aliphatic carbocycles. The van der Waals surface area contributed by atoms with Crippen LogP contribution in [0.1, 0.15) is 0 Å². The highest BCUT2D eigenvalue weighted by Crippen LogP contribution is 2.24. The molecule has 0 aliphatic rings. The van der Waals surface area contributed by atoms with Crippen LogP contribution in [0.2, 0.25) is 0 Å². The number of aliphatic hydroxyl groups excluding tert-OH is 1. The maximum atomic E-state index is 10.0. The van der Waals surface area contributed by atoms with E-state index < -0.39 is 19.5 Å². The van der Waals surface area contributed by atoms with E-state index in [0.717, 1.165) is 0 Å². The molecule has 0 saturated heterocycles. The Morgan fingerprint density at radius 3 is 2.36 bits per heavy atom. The van der Waals surface area contributed by atoms with E-state index in [1.54, 1.807) is 0 Å². The van der Waals surface area contributed by atoms with Gasteiger partial charge in [-0.25, -0.2) is 0 Å². The summed E-state index contributed by atoms with van der Waals surface area (Å²) in [4.78, 5) is 20.0. The van der Waals surface area contributed by atoms with Gasteiger partial charge < -0.3 is 15.1 Å². The molecule has 11 heavy (non-hydrogen) atoms. The molecule has 0 heterocycles. The number of rotatable bonds is 3. The van der Waals surface area contributed by atoms with Crippen molar-refractivity contribution in [1.82, 2.24) is 0 Å². The summed E-state index contributed by atoms with van der Waals surface area (Å²) in [5.74, 6) is -0.787. The van der Waals surface area contributed by atoms with E-state index in [9.17, 15) is 14.3 Å². The summed E-state index contributed by atoms with van der Waals surface area (Å²) in [6.07, 6.45) is 4.39. The maximum absolute atomic E-state index is 10.0. The molecule has 3 atom stereocenters. The van der Waals surface area contributed by atoms with Crippen LogP contribution in [-0.2, 0) is 9.36 Å². The Morgan fingerprint density at radius 2 is 2.27 bits per heavy atom. The number of aliphatic hydroxyl groups is 2. The summed E-state index contributed by atoms with van der Waals surface area (Å²) < 4.78 is 10.0. The zero-order valence-corrected chi connectivity index (χ0v) is 6.19. The average molecular weight is 176 g/mol. The van der Waals surface area contributed by atoms with Crippen LogP contribution in [-0.4, -0.2) is 27.9 Å². The highest BCUT2D eigenvalue weighted by molar-refractivity contribution is 7.37. The lowest BCUT2D eigenvalue weighted by molar-refractivity contribution is -0.178. The van der Waals surface area contributed by atoms with E-state index in [1.165, 1.54) is 5.92 Å². The van der Waals surface area contributed by atoms with Crippen LogP contribution >= 0.6 is 8.03 Å². The molecule has 2 N–H and O–H groups in total. The van der Waals surface area contributed by atoms with Gasteiger partial charge in [0.25, 0.3) is 11.4 Å². The van der Waals surface area contributed by atoms with E-state index in [4.69, 9.17) is 10.2 Å². The zero-order valence-electron chi connectivity index (χ0n) is 5.30. The van der Waals surface area contributed by atoms with Crippen molar-refractivity contribution in [3.63, 3.8) is 0 Å². The van der Waals surface area contributed by atoms with Crippen LogP contribution < -0.4 is 4.89 Å². The molecule has 0 radical (unpaired) electrons. The van der Waals surface area contributed by atoms with Crippen LogP contribution in [0.25, 0.3) is 0 Å². The quantitative estimate of drug-likeness (QED) is 0.293. The monoisotopic (exact) mass is 176 g/mol. The van der Waals surface area contributed by atoms with Gasteiger partial charge in [0.1, 0.15) is 0 Å². The third kappa shape index (κ3) is 2.07. The lowest BCUT2D eigenvalue weighted by Crippen LogP contribution is -2.41. The van der Waals surface area contributed by atoms with Crippen LogP contribution in [0, 0.1) is 12.3 Å². The number of carbonyl (C=O) groups excluding carboxylic acids is 1. The van der Waals surface area contributed by atoms with Gasteiger partial charge in [0, 0.05) is 0 Å². The molecule has 0 spiro atoms. The van der Waals surface area contributed by atoms with Crippen LogP contribution in [0.4, 0.5) is 0 Å². The van der Waals surface area contributed by atoms with Gasteiger partial charge in [-0.15, -0.1) is 6.42 Å². The average Bonchev–Trinajstić information content (AvgIpc) is 2.01. The number of terminal acetylenes is 1. The van der Waals surface area contributed by atoms with Gasteiger partial charge >= 0.3 is 8.03 Å². The van der Waals surface area contributed by atoms with Crippen LogP contribution in [0.5, 0.6) is 0 Å². The van der Waals surface area contributed by atoms with Crippen molar-refractivity contribution in [3.8, 4) is 12.3 Å². The first-order chi connectivity index (χ1) is 4.98. The Bertz CT molecular complexity index is 219. The third-order valence-corrected chi connectivity index (χ3v) is 1.80. The normalized spacial score (nSPS) is 19.3. The highest BCUT2D eigenvalue weighted by atomic mass is 31.1. The summed E-state index contributed by atoms with van der Waals surface area (Å²) in [7, 11) is -3.33. The molecule has 0 amide bonds. The largest absolute Gasteiger partial charge is 0.593 e. The molecule has 0 aliphatic heterocycles. The van der Waals surface area contributed by atoms with Gasteiger partial charge in [0.2, 0.25) is 0 Å². The molecule has 5 nitrogen and oxygen atoms in total. The molecular weight excluding hydrogens is 171 g/mol. The fraction of sp³-hybridized carbons (Fsp3) is 0.400. The number of carbonyl (C=O) groups is 1. The number of hydrogen-bond donors (Lipinski definition) is 2. The van der Waals surface area contributed by atoms with Gasteiger partial charge in [-0.2, -0.15) is 0 Å². The van der Waals surface area contributed by atoms with Gasteiger partial charge in [-0.3, -0.25) is 4.79 Å². The first kappa shape index (κ1) is 10.2. The molecule has 0 aromatic rings. The summed E-state index contributed by atoms with van der Waals surface area (Å²) >= 11 is 0. The molecule has 60 valence electrons. The minimum atomic E-state index is -3.33. The fourth-order valence-corrected chi connectivity index (χ4v) is 0.787. The maximum Gasteiger partial charge on any atom is 0.345 e. The van der Waals surface area contributed by atoms with Crippen molar-refractivity contribution >= 4 is 14.3 Å². The SMILES string of the molecule is C#CC(O)(C=O)C(O)[P+](=O)[O-]. The molecule has 0 bridgehead atoms. The first-order valence-electron chi connectivity index (χ1n) is 2.46. The topological polar surface area (TPSA) is 97.7 Å². The third-order valence-electron chi connectivity index (χ3n) is 1.00. The fourth-order valence-electron chi connectivity index (χ4n) is 0.330. The lowest BCUT2D eigenvalue weighted by Gasteiger charge is -2.13. The van der Waals surface area contributed by atoms with Crippen molar-refractivity contribution in [2.75, 3.05) is 0 Å². The van der Waals surface area contributed by atoms with Crippen molar-refractivity contribution in [1.29, 1.82) is 0 Å². The molecule has 3 unspecified atom stereocenters. The minimum Gasteiger partial charge on any atom is -0.593 e. The Hall–Kier alpha value is -0.790. The molecular formula is C5H5O5P. The van der Waals surface area contributed by atoms with Crippen molar-refractivity contribution in [3.05, 3.63) is 0 Å². The van der Waals surface area contributed by atoms with E-state index in [0.29, 0.717) is 0 Å². The Morgan fingerprint density at radius 1 is 1.82 bits per heavy atom. The second kappa shape index (κ2) is 3.56. The van der Waals surface area contributed by atoms with Gasteiger partial charge in [-0.1, -0.05) is 10.5 Å². The Kier molecular flexibility index (Phi) is 3.30. The highest BCUT2D eigenvalue weighted by Gasteiger charge is 2.42. The Labute approximate surface area is 63.5 Å². The Balaban J connectivity index is 4.67. The minimum absolute atomic E-state index is 0.206. The molecule has 0 saturated carbocycles. The van der Waals surface area contributed by atoms with Gasteiger partial charge in [0.05, 0.1) is 0 Å². The zero-order chi connectivity index (χ0) is 9.07. The van der Waals surface area contributed by atoms with E-state index in [-0.39, 0.29) is 6.29 Å². The van der Waals surface area contributed by atoms with E-state index >= 15 is 0 Å². The van der Waals surface area contributed by atoms with Gasteiger partial charge in [-0.05, 0) is 0 Å². The smallest absolute Gasteiger partial charge is 0.345 e. The first-order valence-corrected chi connectivity index (χ1v) is 3.70. The predicted molar refractivity (Wildman–Crippen MR) is 33.5 cm³/mol. The number of aldehydes is 1. The van der Waals surface area contributed by atoms with E-state index in [2.05, 4.69) is 6.42 Å². The second-order valence-electron chi connectivity index (χ2n) is 1.75. The van der Waals surface area contributed by atoms with Crippen LogP contribution in [0.15, 0.2) is 0 Å². The predicted octanol–water partition coefficient (Wildman–Crippen LogP) is -2.03. The van der Waals surface area contributed by atoms with E-state index in [1.807, 2.05) is 0 Å². The molecule has 0 aromatic heterocycles. The molecule has 0 fully saturated rings.